The molecule has 22 nitrogen and oxygen atoms in total. The van der Waals surface area contributed by atoms with E-state index in [1.807, 2.05) is 0 Å². The average Bonchev–Trinajstić information content (AvgIpc) is 1.50. The predicted octanol–water partition coefficient (Wildman–Crippen LogP) is 10.2. The highest BCUT2D eigenvalue weighted by Crippen LogP contribution is 2.71. The van der Waals surface area contributed by atoms with Gasteiger partial charge in [-0.25, -0.2) is 18.4 Å². The van der Waals surface area contributed by atoms with Crippen LogP contribution in [0.3, 0.4) is 0 Å². The number of halogens is 7. The molecule has 4 aliphatic heterocycles. The van der Waals surface area contributed by atoms with E-state index in [0.717, 1.165) is 63.5 Å². The van der Waals surface area contributed by atoms with Crippen molar-refractivity contribution in [2.45, 2.75) is 171 Å². The van der Waals surface area contributed by atoms with Crippen molar-refractivity contribution in [3.8, 4) is 0 Å². The molecule has 8 fully saturated rings. The number of fused-ring (bicyclic) bond motifs is 7. The van der Waals surface area contributed by atoms with Crippen molar-refractivity contribution in [2.24, 2.45) is 52.3 Å². The summed E-state index contributed by atoms with van der Waals surface area (Å²) in [5, 5.41) is 4.43. The first-order chi connectivity index (χ1) is 44.0. The first kappa shape index (κ1) is 70.2. The Morgan fingerprint density at radius 3 is 1.66 bits per heavy atom. The first-order valence-electron chi connectivity index (χ1n) is 31.1. The maximum Gasteiger partial charge on any atom is 0.412 e. The van der Waals surface area contributed by atoms with Crippen LogP contribution in [-0.2, 0) is 85.6 Å². The normalized spacial score (nSPS) is 37.8. The van der Waals surface area contributed by atoms with Gasteiger partial charge in [0.05, 0.1) is 30.2 Å². The number of benzene rings is 2. The van der Waals surface area contributed by atoms with Gasteiger partial charge in [0.1, 0.15) is 72.6 Å². The van der Waals surface area contributed by atoms with E-state index in [2.05, 4.69) is 38.3 Å². The summed E-state index contributed by atoms with van der Waals surface area (Å²) in [7, 11) is 0. The summed E-state index contributed by atoms with van der Waals surface area (Å²) in [6.45, 7) is 8.44. The van der Waals surface area contributed by atoms with Crippen LogP contribution in [0.1, 0.15) is 91.9 Å². The van der Waals surface area contributed by atoms with E-state index in [0.29, 0.717) is 49.0 Å². The first-order valence-corrected chi connectivity index (χ1v) is 33.8. The van der Waals surface area contributed by atoms with E-state index >= 15 is 0 Å². The van der Waals surface area contributed by atoms with Crippen LogP contribution in [-0.4, -0.2) is 171 Å². The molecule has 10 rings (SSSR count). The number of esters is 5. The van der Waals surface area contributed by atoms with Gasteiger partial charge in [-0.3, -0.25) is 34.6 Å². The Kier molecular flexibility index (Phi) is 23.1. The molecule has 0 bridgehead atoms. The lowest BCUT2D eigenvalue weighted by molar-refractivity contribution is -0.364. The minimum Gasteiger partial charge on any atom is -0.462 e. The zero-order valence-corrected chi connectivity index (χ0v) is 54.9. The molecule has 22 atom stereocenters. The minimum absolute atomic E-state index is 0.0642. The molecule has 4 heterocycles. The number of nitrogens with one attached hydrogen (secondary N) is 2. The van der Waals surface area contributed by atoms with Crippen LogP contribution >= 0.6 is 58.0 Å². The van der Waals surface area contributed by atoms with Crippen molar-refractivity contribution in [1.29, 1.82) is 0 Å². The van der Waals surface area contributed by atoms with Gasteiger partial charge in [0.2, 0.25) is 0 Å². The zero-order chi connectivity index (χ0) is 65.8. The summed E-state index contributed by atoms with van der Waals surface area (Å²) in [6.07, 6.45) is -13.4. The lowest BCUT2D eigenvalue weighted by Gasteiger charge is -2.61. The molecular weight excluding hydrogens is 1320 g/mol. The summed E-state index contributed by atoms with van der Waals surface area (Å²) in [6, 6.07) is 10.0. The number of hydrogen-bond acceptors (Lipinski definition) is 20. The summed E-state index contributed by atoms with van der Waals surface area (Å²) >= 11 is 30.1. The number of hydrogen-bond donors (Lipinski definition) is 2. The summed E-state index contributed by atoms with van der Waals surface area (Å²) in [5.41, 5.74) is -0.660. The second-order valence-electron chi connectivity index (χ2n) is 25.7. The van der Waals surface area contributed by atoms with Gasteiger partial charge in [-0.15, -0.1) is 58.0 Å². The molecule has 8 aliphatic rings. The molecule has 2 N–H and O–H groups in total. The molecule has 4 aliphatic carbocycles. The van der Waals surface area contributed by atoms with Crippen molar-refractivity contribution in [2.75, 3.05) is 59.9 Å². The van der Waals surface area contributed by atoms with Gasteiger partial charge in [0.15, 0.2) is 48.9 Å². The predicted molar refractivity (Wildman–Crippen MR) is 325 cm³/mol. The molecule has 29 heteroatoms. The van der Waals surface area contributed by atoms with E-state index in [9.17, 15) is 42.3 Å². The van der Waals surface area contributed by atoms with Crippen molar-refractivity contribution in [1.82, 2.24) is 0 Å². The summed E-state index contributed by atoms with van der Waals surface area (Å²) < 4.78 is 110. The SMILES string of the molecule is C[C@@H]1CC[C@@]2(OC1)OC1C[C@H]3[C@@H]4CC[C@H]5C[C@@H](O[C@@H]6O[C@H](COC(=O)CCl)[C@@H](O[C@@H]7O[C@H](COC(=O)Nc8ccccc8F)[C@@H](OC(=O)Nc8ccccc8F)[C@H](OC(=O)CCl)[C@H]7OC(=O)CCl)[C@H](OC(=O)CCl)[C@H]6OC(=O)CCl)CC[C@]5(C)[C@H]4CC[C@]3(C)C1[C@@H]2C. The van der Waals surface area contributed by atoms with Crippen LogP contribution in [0.5, 0.6) is 0 Å². The monoisotopic (exact) mass is 1390 g/mol. The smallest absolute Gasteiger partial charge is 0.412 e. The van der Waals surface area contributed by atoms with E-state index in [-0.39, 0.29) is 40.1 Å². The topological polar surface area (TPSA) is 264 Å². The Morgan fingerprint density at radius 1 is 0.554 bits per heavy atom. The fourth-order valence-electron chi connectivity index (χ4n) is 16.4. The lowest BCUT2D eigenvalue weighted by Crippen LogP contribution is -2.68. The van der Waals surface area contributed by atoms with Crippen LogP contribution in [0.25, 0.3) is 0 Å². The largest absolute Gasteiger partial charge is 0.462 e. The Bertz CT molecular complexity index is 2990. The summed E-state index contributed by atoms with van der Waals surface area (Å²) in [4.78, 5) is 94.3. The van der Waals surface area contributed by atoms with Crippen LogP contribution in [0.4, 0.5) is 29.7 Å². The molecule has 92 heavy (non-hydrogen) atoms. The number of rotatable bonds is 20. The quantitative estimate of drug-likeness (QED) is 0.0540. The maximum absolute atomic E-state index is 14.9. The van der Waals surface area contributed by atoms with Gasteiger partial charge in [-0.2, -0.15) is 0 Å². The fourth-order valence-corrected chi connectivity index (χ4v) is 16.7. The number of para-hydroxylation sites is 2. The molecule has 0 aromatic heterocycles. The molecule has 2 aromatic carbocycles. The molecular formula is C63H77Cl5F2N2O20. The Morgan fingerprint density at radius 2 is 1.09 bits per heavy atom. The van der Waals surface area contributed by atoms with Gasteiger partial charge < -0.3 is 61.6 Å². The second kappa shape index (κ2) is 30.2. The number of alkyl halides is 5. The van der Waals surface area contributed by atoms with Crippen molar-refractivity contribution in [3.05, 3.63) is 60.2 Å². The molecule has 0 radical (unpaired) electrons. The second-order valence-corrected chi connectivity index (χ2v) is 27.1. The van der Waals surface area contributed by atoms with Crippen molar-refractivity contribution in [3.63, 3.8) is 0 Å². The molecule has 2 amide bonds. The molecule has 2 aromatic rings. The van der Waals surface area contributed by atoms with E-state index in [4.69, 9.17) is 120 Å². The number of ether oxygens (including phenoxy) is 13. The van der Waals surface area contributed by atoms with Crippen LogP contribution in [0, 0.1) is 63.9 Å². The van der Waals surface area contributed by atoms with Gasteiger partial charge in [0.25, 0.3) is 0 Å². The number of carbonyl (C=O) groups is 7. The van der Waals surface area contributed by atoms with Crippen LogP contribution < -0.4 is 10.6 Å². The fraction of sp³-hybridized carbons (Fsp3) is 0.698. The zero-order valence-electron chi connectivity index (χ0n) is 51.1. The number of anilines is 2. The summed E-state index contributed by atoms with van der Waals surface area (Å²) in [5.74, 6) is -8.97. The van der Waals surface area contributed by atoms with E-state index in [1.54, 1.807) is 0 Å². The van der Waals surface area contributed by atoms with Gasteiger partial charge >= 0.3 is 42.0 Å². The van der Waals surface area contributed by atoms with Crippen molar-refractivity contribution < 1.29 is 104 Å². The molecule has 2 unspecified atom stereocenters. The van der Waals surface area contributed by atoms with E-state index in [1.165, 1.54) is 36.4 Å². The van der Waals surface area contributed by atoms with E-state index < -0.39 is 170 Å². The number of amides is 2. The average molecular weight is 1400 g/mol. The molecule has 508 valence electrons. The highest BCUT2D eigenvalue weighted by molar-refractivity contribution is 6.27. The van der Waals surface area contributed by atoms with Gasteiger partial charge in [0, 0.05) is 12.3 Å². The third kappa shape index (κ3) is 15.0. The minimum atomic E-state index is -2.19. The third-order valence-corrected chi connectivity index (χ3v) is 21.6. The highest BCUT2D eigenvalue weighted by atomic mass is 35.5. The lowest BCUT2D eigenvalue weighted by atomic mass is 9.44. The Labute approximate surface area is 556 Å². The Hall–Kier alpha value is -4.60. The molecule has 4 saturated heterocycles. The van der Waals surface area contributed by atoms with Gasteiger partial charge in [-0.05, 0) is 128 Å². The highest BCUT2D eigenvalue weighted by Gasteiger charge is 2.69. The number of carbonyl (C=O) groups excluding carboxylic acids is 7. The van der Waals surface area contributed by atoms with Crippen LogP contribution in [0.15, 0.2) is 48.5 Å². The van der Waals surface area contributed by atoms with Crippen LogP contribution in [0.2, 0.25) is 0 Å². The van der Waals surface area contributed by atoms with Crippen molar-refractivity contribution >= 4 is 111 Å². The molecule has 4 saturated carbocycles. The third-order valence-electron chi connectivity index (χ3n) is 20.6. The van der Waals surface area contributed by atoms with Gasteiger partial charge in [-0.1, -0.05) is 52.0 Å². The maximum atomic E-state index is 14.9. The standard InChI is InChI=1S/C63H77Cl5F2N2O20/c1-31-15-20-63(82-28-31)32(2)50-42(92-63)22-37-35-14-13-33-21-34(16-18-61(33,3)36(35)17-19-62(37,50)4)83-57-55(88-48(76)26-67)53(86-46(74)24-65)51(43(84-57)29-80-45(73)23-64)90-58-56(89-49(77)27-68)54(87-47(75)25-66)52(91-60(79)72-41-12-8-6-10-39(41)70)44(85-58)30-81-59(78)71-40-11-7-5-9-38(40)69/h5-12,31-37,42-44,50-58H,13-30H2,1-4H3,(H,71,78)(H,72,79)/t31-,32+,33+,34+,35-,36+,37+,42?,43-,44-,50?,51-,52-,53+,54+,55-,56-,57-,58+,61+,62+,63-/m1/s1. The Balaban J connectivity index is 0.944. The molecule has 1 spiro atoms.